The Morgan fingerprint density at radius 2 is 2.00 bits per heavy atom. The van der Waals surface area contributed by atoms with E-state index in [1.165, 1.54) is 0 Å². The lowest BCUT2D eigenvalue weighted by atomic mass is 9.80. The summed E-state index contributed by atoms with van der Waals surface area (Å²) >= 11 is 0. The Bertz CT molecular complexity index is 1030. The van der Waals surface area contributed by atoms with Gasteiger partial charge in [-0.25, -0.2) is 9.97 Å². The van der Waals surface area contributed by atoms with Gasteiger partial charge in [-0.2, -0.15) is 0 Å². The molecule has 1 aliphatic heterocycles. The average Bonchev–Trinajstić information content (AvgIpc) is 3.09. The molecule has 3 heterocycles. The topological polar surface area (TPSA) is 110 Å². The number of piperidine rings is 1. The van der Waals surface area contributed by atoms with Crippen LogP contribution in [0.15, 0.2) is 36.7 Å². The van der Waals surface area contributed by atoms with E-state index in [1.807, 2.05) is 42.1 Å². The Kier molecular flexibility index (Phi) is 4.55. The van der Waals surface area contributed by atoms with Crippen molar-refractivity contribution in [3.8, 4) is 0 Å². The van der Waals surface area contributed by atoms with Crippen LogP contribution >= 0.6 is 0 Å². The summed E-state index contributed by atoms with van der Waals surface area (Å²) in [5.41, 5.74) is 14.9. The van der Waals surface area contributed by atoms with Gasteiger partial charge in [-0.1, -0.05) is 19.1 Å². The number of hydrogen-bond donors (Lipinski definition) is 3. The van der Waals surface area contributed by atoms with Crippen molar-refractivity contribution in [2.24, 2.45) is 18.2 Å². The van der Waals surface area contributed by atoms with Crippen molar-refractivity contribution in [2.45, 2.75) is 19.8 Å². The number of aromatic nitrogens is 3. The van der Waals surface area contributed by atoms with Crippen molar-refractivity contribution >= 4 is 28.3 Å². The summed E-state index contributed by atoms with van der Waals surface area (Å²) in [6.07, 6.45) is 5.78. The van der Waals surface area contributed by atoms with E-state index < -0.39 is 0 Å². The molecular formula is C21H27N7. The van der Waals surface area contributed by atoms with Crippen LogP contribution in [-0.4, -0.2) is 39.9 Å². The third-order valence-electron chi connectivity index (χ3n) is 6.01. The zero-order valence-electron chi connectivity index (χ0n) is 16.4. The second-order valence-corrected chi connectivity index (χ2v) is 8.00. The van der Waals surface area contributed by atoms with E-state index in [0.717, 1.165) is 48.2 Å². The van der Waals surface area contributed by atoms with Gasteiger partial charge in [-0.3, -0.25) is 5.41 Å². The largest absolute Gasteiger partial charge is 0.382 e. The monoisotopic (exact) mass is 377 g/mol. The number of aryl methyl sites for hydroxylation is 1. The fourth-order valence-corrected chi connectivity index (χ4v) is 3.87. The second-order valence-electron chi connectivity index (χ2n) is 8.00. The van der Waals surface area contributed by atoms with Crippen LogP contribution in [0.2, 0.25) is 0 Å². The summed E-state index contributed by atoms with van der Waals surface area (Å²) in [5, 5.41) is 9.69. The Morgan fingerprint density at radius 1 is 1.25 bits per heavy atom. The highest BCUT2D eigenvalue weighted by atomic mass is 15.2. The zero-order valence-corrected chi connectivity index (χ0v) is 16.4. The first-order valence-electron chi connectivity index (χ1n) is 9.63. The molecule has 7 heteroatoms. The third-order valence-corrected chi connectivity index (χ3v) is 6.01. The number of benzene rings is 1. The van der Waals surface area contributed by atoms with E-state index in [4.69, 9.17) is 16.9 Å². The van der Waals surface area contributed by atoms with Gasteiger partial charge in [0.2, 0.25) is 0 Å². The summed E-state index contributed by atoms with van der Waals surface area (Å²) in [4.78, 5) is 11.3. The first-order chi connectivity index (χ1) is 13.4. The number of nitrogens with zero attached hydrogens (tertiary/aromatic N) is 4. The van der Waals surface area contributed by atoms with Gasteiger partial charge in [-0.15, -0.1) is 0 Å². The number of fused-ring (bicyclic) bond motifs is 1. The van der Waals surface area contributed by atoms with Crippen molar-refractivity contribution in [3.05, 3.63) is 47.9 Å². The summed E-state index contributed by atoms with van der Waals surface area (Å²) < 4.78 is 2.04. The maximum absolute atomic E-state index is 8.68. The van der Waals surface area contributed by atoms with Crippen molar-refractivity contribution in [3.63, 3.8) is 0 Å². The lowest BCUT2D eigenvalue weighted by molar-refractivity contribution is 0.258. The van der Waals surface area contributed by atoms with Crippen LogP contribution < -0.4 is 16.4 Å². The highest BCUT2D eigenvalue weighted by Crippen LogP contribution is 2.31. The molecule has 0 unspecified atom stereocenters. The normalized spacial score (nSPS) is 16.5. The minimum Gasteiger partial charge on any atom is -0.382 e. The van der Waals surface area contributed by atoms with Crippen LogP contribution in [0.4, 0.5) is 11.6 Å². The van der Waals surface area contributed by atoms with E-state index in [2.05, 4.69) is 21.8 Å². The number of nitrogens with one attached hydrogen (secondary N) is 1. The van der Waals surface area contributed by atoms with Gasteiger partial charge in [0, 0.05) is 42.8 Å². The molecule has 7 nitrogen and oxygen atoms in total. The lowest BCUT2D eigenvalue weighted by Gasteiger charge is -2.39. The molecule has 0 aliphatic carbocycles. The van der Waals surface area contributed by atoms with Crippen molar-refractivity contribution in [1.82, 2.24) is 14.5 Å². The van der Waals surface area contributed by atoms with Crippen LogP contribution in [0.1, 0.15) is 31.0 Å². The Balaban J connectivity index is 1.60. The molecule has 1 aliphatic rings. The first kappa shape index (κ1) is 18.4. The quantitative estimate of drug-likeness (QED) is 0.605. The summed E-state index contributed by atoms with van der Waals surface area (Å²) in [5.74, 6) is 1.06. The molecule has 0 spiro atoms. The summed E-state index contributed by atoms with van der Waals surface area (Å²) in [6.45, 7) is 4.72. The van der Waals surface area contributed by atoms with Crippen molar-refractivity contribution in [1.29, 1.82) is 5.41 Å². The number of rotatable bonds is 4. The predicted molar refractivity (Wildman–Crippen MR) is 114 cm³/mol. The number of hydrogen-bond acceptors (Lipinski definition) is 6. The average molecular weight is 377 g/mol. The summed E-state index contributed by atoms with van der Waals surface area (Å²) in [6, 6.07) is 7.93. The number of nitrogen functional groups attached to an aromatic ring is 1. The van der Waals surface area contributed by atoms with Crippen LogP contribution in [0.25, 0.3) is 10.9 Å². The van der Waals surface area contributed by atoms with Crippen LogP contribution in [0, 0.1) is 10.8 Å². The van der Waals surface area contributed by atoms with Gasteiger partial charge in [0.05, 0.1) is 11.9 Å². The number of nitrogens with two attached hydrogens (primary N) is 2. The smallest absolute Gasteiger partial charge is 0.154 e. The maximum Gasteiger partial charge on any atom is 0.154 e. The van der Waals surface area contributed by atoms with E-state index in [-0.39, 0.29) is 5.41 Å². The Hall–Kier alpha value is -2.93. The van der Waals surface area contributed by atoms with E-state index in [1.54, 1.807) is 6.20 Å². The molecule has 1 aromatic carbocycles. The van der Waals surface area contributed by atoms with Gasteiger partial charge in [-0.05, 0) is 36.9 Å². The highest BCUT2D eigenvalue weighted by molar-refractivity contribution is 6.18. The maximum atomic E-state index is 8.68. The molecule has 0 amide bonds. The fraction of sp³-hybridized carbons (Fsp3) is 0.381. The van der Waals surface area contributed by atoms with Crippen molar-refractivity contribution < 1.29 is 0 Å². The second kappa shape index (κ2) is 6.91. The SMILES string of the molecule is Cn1ccc2c(C(=N)c3ncc(N4CCC(C)(CN)CC4)nc3N)cccc21. The molecule has 0 atom stereocenters. The molecule has 3 aromatic rings. The van der Waals surface area contributed by atoms with E-state index in [0.29, 0.717) is 23.8 Å². The molecule has 5 N–H and O–H groups in total. The minimum atomic E-state index is 0.200. The molecule has 146 valence electrons. The molecule has 0 saturated carbocycles. The van der Waals surface area contributed by atoms with Gasteiger partial charge in [0.25, 0.3) is 0 Å². The Labute approximate surface area is 164 Å². The third kappa shape index (κ3) is 3.11. The summed E-state index contributed by atoms with van der Waals surface area (Å²) in [7, 11) is 1.99. The van der Waals surface area contributed by atoms with E-state index >= 15 is 0 Å². The van der Waals surface area contributed by atoms with Gasteiger partial charge in [0.1, 0.15) is 11.5 Å². The molecule has 1 saturated heterocycles. The van der Waals surface area contributed by atoms with Gasteiger partial charge >= 0.3 is 0 Å². The highest BCUT2D eigenvalue weighted by Gasteiger charge is 2.29. The zero-order chi connectivity index (χ0) is 19.9. The van der Waals surface area contributed by atoms with Gasteiger partial charge in [0.15, 0.2) is 5.82 Å². The first-order valence-corrected chi connectivity index (χ1v) is 9.63. The Morgan fingerprint density at radius 3 is 2.68 bits per heavy atom. The predicted octanol–water partition coefficient (Wildman–Crippen LogP) is 2.53. The molecule has 4 rings (SSSR count). The van der Waals surface area contributed by atoms with Gasteiger partial charge < -0.3 is 20.9 Å². The number of anilines is 2. The van der Waals surface area contributed by atoms with Crippen LogP contribution in [-0.2, 0) is 7.05 Å². The standard InChI is InChI=1S/C21H27N7/c1-21(13-22)7-10-28(11-8-21)17-12-25-19(20(24)26-17)18(23)15-4-3-5-16-14(15)6-9-27(16)2/h3-6,9,12,23H,7-8,10-11,13,22H2,1-2H3,(H2,24,26). The van der Waals surface area contributed by atoms with Crippen molar-refractivity contribution in [2.75, 3.05) is 30.3 Å². The fourth-order valence-electron chi connectivity index (χ4n) is 3.87. The minimum absolute atomic E-state index is 0.200. The molecule has 0 bridgehead atoms. The molecule has 2 aromatic heterocycles. The molecular weight excluding hydrogens is 350 g/mol. The molecule has 28 heavy (non-hydrogen) atoms. The van der Waals surface area contributed by atoms with Crippen LogP contribution in [0.5, 0.6) is 0 Å². The molecule has 1 fully saturated rings. The van der Waals surface area contributed by atoms with E-state index in [9.17, 15) is 0 Å². The lowest BCUT2D eigenvalue weighted by Crippen LogP contribution is -2.42. The van der Waals surface area contributed by atoms with Crippen LogP contribution in [0.3, 0.4) is 0 Å². The molecule has 0 radical (unpaired) electrons.